The number of nitrogens with zero attached hydrogens (tertiary/aromatic N) is 5. The molecule has 1 saturated heterocycles. The number of anilines is 3. The van der Waals surface area contributed by atoms with Crippen LogP contribution in [0.1, 0.15) is 43.7 Å². The number of nitrogens with one attached hydrogen (secondary N) is 3. The van der Waals surface area contributed by atoms with Crippen LogP contribution in [0.25, 0.3) is 22.4 Å². The van der Waals surface area contributed by atoms with Gasteiger partial charge in [0, 0.05) is 44.4 Å². The molecule has 0 radical (unpaired) electrons. The fourth-order valence-electron chi connectivity index (χ4n) is 4.52. The van der Waals surface area contributed by atoms with Crippen molar-refractivity contribution in [3.63, 3.8) is 0 Å². The zero-order valence-corrected chi connectivity index (χ0v) is 19.9. The zero-order chi connectivity index (χ0) is 24.4. The van der Waals surface area contributed by atoms with Crippen molar-refractivity contribution in [3.8, 4) is 11.4 Å². The molecule has 1 unspecified atom stereocenters. The number of nitrogens with two attached hydrogens (primary N) is 1. The van der Waals surface area contributed by atoms with E-state index < -0.39 is 0 Å². The number of fused-ring (bicyclic) bond motifs is 1. The number of benzene rings is 1. The number of imidazole rings is 1. The smallest absolute Gasteiger partial charge is 0.261 e. The molecule has 0 bridgehead atoms. The molecule has 0 amide bonds. The number of aliphatic imine (C=N–C) groups is 1. The number of aromatic amines is 2. The van der Waals surface area contributed by atoms with Gasteiger partial charge in [-0.15, -0.1) is 0 Å². The average molecular weight is 472 g/mol. The number of piperidine rings is 1. The fraction of sp³-hybridized carbons (Fsp3) is 0.320. The van der Waals surface area contributed by atoms with E-state index in [0.29, 0.717) is 34.3 Å². The van der Waals surface area contributed by atoms with Gasteiger partial charge >= 0.3 is 0 Å². The maximum Gasteiger partial charge on any atom is 0.261 e. The Morgan fingerprint density at radius 2 is 1.94 bits per heavy atom. The highest BCUT2D eigenvalue weighted by molar-refractivity contribution is 5.95. The topological polar surface area (TPSA) is 141 Å². The highest BCUT2D eigenvalue weighted by atomic mass is 16.1. The van der Waals surface area contributed by atoms with E-state index in [1.54, 1.807) is 25.5 Å². The molecule has 4 aromatic rings. The van der Waals surface area contributed by atoms with Crippen LogP contribution in [-0.2, 0) is 0 Å². The van der Waals surface area contributed by atoms with Crippen molar-refractivity contribution in [2.45, 2.75) is 32.2 Å². The summed E-state index contributed by atoms with van der Waals surface area (Å²) < 4.78 is 0. The summed E-state index contributed by atoms with van der Waals surface area (Å²) in [5.74, 6) is 1.02. The highest BCUT2D eigenvalue weighted by Crippen LogP contribution is 2.33. The van der Waals surface area contributed by atoms with Gasteiger partial charge in [-0.05, 0) is 50.5 Å². The van der Waals surface area contributed by atoms with E-state index in [1.165, 1.54) is 25.5 Å². The van der Waals surface area contributed by atoms with E-state index in [0.717, 1.165) is 29.8 Å². The second-order valence-electron chi connectivity index (χ2n) is 8.73. The molecule has 3 aromatic heterocycles. The molecule has 10 nitrogen and oxygen atoms in total. The predicted molar refractivity (Wildman–Crippen MR) is 140 cm³/mol. The highest BCUT2D eigenvalue weighted by Gasteiger charge is 2.22. The molecule has 5 rings (SSSR count). The van der Waals surface area contributed by atoms with Crippen molar-refractivity contribution in [2.24, 2.45) is 4.99 Å². The molecule has 10 heteroatoms. The van der Waals surface area contributed by atoms with Crippen molar-refractivity contribution in [1.29, 1.82) is 0 Å². The van der Waals surface area contributed by atoms with Gasteiger partial charge in [-0.1, -0.05) is 0 Å². The van der Waals surface area contributed by atoms with E-state index in [1.807, 2.05) is 13.0 Å². The largest absolute Gasteiger partial charge is 0.395 e. The summed E-state index contributed by atoms with van der Waals surface area (Å²) >= 11 is 0. The van der Waals surface area contributed by atoms with Gasteiger partial charge in [-0.25, -0.2) is 15.0 Å². The fourth-order valence-corrected chi connectivity index (χ4v) is 4.52. The van der Waals surface area contributed by atoms with Crippen molar-refractivity contribution in [1.82, 2.24) is 24.9 Å². The number of hydrogen-bond acceptors (Lipinski definition) is 8. The molecule has 1 aromatic carbocycles. The lowest BCUT2D eigenvalue weighted by Crippen LogP contribution is -2.29. The number of pyridine rings is 1. The molecule has 1 aliphatic rings. The van der Waals surface area contributed by atoms with Gasteiger partial charge in [0.05, 0.1) is 34.1 Å². The minimum atomic E-state index is -0.326. The Morgan fingerprint density at radius 1 is 1.17 bits per heavy atom. The number of hydrogen-bond donors (Lipinski definition) is 4. The summed E-state index contributed by atoms with van der Waals surface area (Å²) in [6, 6.07) is 7.63. The quantitative estimate of drug-likeness (QED) is 0.315. The van der Waals surface area contributed by atoms with Crippen LogP contribution in [0.15, 0.2) is 46.4 Å². The third-order valence-corrected chi connectivity index (χ3v) is 6.30. The Morgan fingerprint density at radius 3 is 2.69 bits per heavy atom. The third kappa shape index (κ3) is 4.46. The van der Waals surface area contributed by atoms with Gasteiger partial charge in [0.25, 0.3) is 5.56 Å². The first-order chi connectivity index (χ1) is 17.0. The lowest BCUT2D eigenvalue weighted by Gasteiger charge is -2.28. The van der Waals surface area contributed by atoms with Gasteiger partial charge in [-0.2, -0.15) is 0 Å². The van der Waals surface area contributed by atoms with E-state index in [-0.39, 0.29) is 11.6 Å². The molecule has 0 saturated carbocycles. The standard InChI is InChI=1S/C25H29N9O/c1-15(23-28-9-6-10-29-23)30-22-20(25(35)33-19(14-27-2)21(22)26)24-31-17-8-7-16(13-18(17)32-24)34-11-4-3-5-12-34/h6-10,13-15H,3-5,11-12,26H2,1-2H3,(H,31,32)(H2,30,33,35). The van der Waals surface area contributed by atoms with Crippen molar-refractivity contribution in [3.05, 3.63) is 58.5 Å². The molecule has 0 aliphatic carbocycles. The van der Waals surface area contributed by atoms with E-state index >= 15 is 0 Å². The summed E-state index contributed by atoms with van der Waals surface area (Å²) in [6.07, 6.45) is 8.56. The molecular formula is C25H29N9O. The van der Waals surface area contributed by atoms with Crippen molar-refractivity contribution >= 4 is 34.3 Å². The zero-order valence-electron chi connectivity index (χ0n) is 19.9. The molecule has 180 valence electrons. The van der Waals surface area contributed by atoms with Gasteiger partial charge in [0.2, 0.25) is 0 Å². The van der Waals surface area contributed by atoms with E-state index in [4.69, 9.17) is 10.7 Å². The lowest BCUT2D eigenvalue weighted by molar-refractivity contribution is 0.578. The first-order valence-electron chi connectivity index (χ1n) is 11.8. The Hall–Kier alpha value is -4.21. The Kier molecular flexibility index (Phi) is 6.17. The van der Waals surface area contributed by atoms with Gasteiger partial charge in [0.1, 0.15) is 17.2 Å². The molecule has 0 spiro atoms. The van der Waals surface area contributed by atoms with Gasteiger partial charge in [0.15, 0.2) is 0 Å². The van der Waals surface area contributed by atoms with Crippen LogP contribution in [0, 0.1) is 0 Å². The Balaban J connectivity index is 1.60. The van der Waals surface area contributed by atoms with Crippen LogP contribution in [0.5, 0.6) is 0 Å². The first kappa shape index (κ1) is 22.6. The minimum Gasteiger partial charge on any atom is -0.395 e. The summed E-state index contributed by atoms with van der Waals surface area (Å²) in [6.45, 7) is 4.02. The van der Waals surface area contributed by atoms with Crippen LogP contribution in [0.3, 0.4) is 0 Å². The molecule has 5 N–H and O–H groups in total. The second-order valence-corrected chi connectivity index (χ2v) is 8.73. The maximum absolute atomic E-state index is 13.3. The molecule has 1 aliphatic heterocycles. The number of H-pyrrole nitrogens is 2. The molecule has 1 fully saturated rings. The average Bonchev–Trinajstić information content (AvgIpc) is 3.31. The van der Waals surface area contributed by atoms with Crippen LogP contribution in [0.2, 0.25) is 0 Å². The van der Waals surface area contributed by atoms with Crippen molar-refractivity contribution in [2.75, 3.05) is 36.1 Å². The van der Waals surface area contributed by atoms with Gasteiger partial charge < -0.3 is 25.9 Å². The summed E-state index contributed by atoms with van der Waals surface area (Å²) in [4.78, 5) is 39.3. The van der Waals surface area contributed by atoms with E-state index in [9.17, 15) is 4.79 Å². The molecule has 35 heavy (non-hydrogen) atoms. The summed E-state index contributed by atoms with van der Waals surface area (Å²) in [7, 11) is 1.62. The van der Waals surface area contributed by atoms with Crippen LogP contribution >= 0.6 is 0 Å². The normalized spacial score (nSPS) is 15.1. The van der Waals surface area contributed by atoms with E-state index in [2.05, 4.69) is 47.3 Å². The third-order valence-electron chi connectivity index (χ3n) is 6.30. The second kappa shape index (κ2) is 9.57. The minimum absolute atomic E-state index is 0.305. The van der Waals surface area contributed by atoms with Crippen LogP contribution < -0.4 is 21.5 Å². The summed E-state index contributed by atoms with van der Waals surface area (Å²) in [5, 5.41) is 3.34. The monoisotopic (exact) mass is 471 g/mol. The van der Waals surface area contributed by atoms with Crippen LogP contribution in [-0.4, -0.2) is 51.3 Å². The number of rotatable bonds is 6. The molecule has 1 atom stereocenters. The predicted octanol–water partition coefficient (Wildman–Crippen LogP) is 3.50. The molecular weight excluding hydrogens is 442 g/mol. The number of nitrogen functional groups attached to an aromatic ring is 1. The SMILES string of the molecule is CN=Cc1[nH]c(=O)c(-c2nc3ccc(N4CCCCC4)cc3[nH]2)c(NC(C)c2ncccn2)c1N. The molecule has 4 heterocycles. The Labute approximate surface area is 202 Å². The maximum atomic E-state index is 13.3. The lowest BCUT2D eigenvalue weighted by atomic mass is 10.1. The first-order valence-corrected chi connectivity index (χ1v) is 11.8. The summed E-state index contributed by atoms with van der Waals surface area (Å²) in [5.41, 5.74) is 10.6. The van der Waals surface area contributed by atoms with Crippen LogP contribution in [0.4, 0.5) is 17.1 Å². The van der Waals surface area contributed by atoms with Gasteiger partial charge in [-0.3, -0.25) is 9.79 Å². The number of aromatic nitrogens is 5. The Bertz CT molecular complexity index is 1420. The van der Waals surface area contributed by atoms with Crippen molar-refractivity contribution < 1.29 is 0 Å².